The Labute approximate surface area is 342 Å². The summed E-state index contributed by atoms with van der Waals surface area (Å²) in [6.45, 7) is 4.47. The van der Waals surface area contributed by atoms with Crippen LogP contribution in [-0.4, -0.2) is 89.6 Å². The van der Waals surface area contributed by atoms with Crippen LogP contribution in [0.25, 0.3) is 0 Å². The lowest BCUT2D eigenvalue weighted by atomic mass is 9.99. The van der Waals surface area contributed by atoms with Crippen LogP contribution in [-0.2, 0) is 23.7 Å². The lowest BCUT2D eigenvalue weighted by Gasteiger charge is -2.39. The summed E-state index contributed by atoms with van der Waals surface area (Å²) in [7, 11) is 0. The molecule has 9 nitrogen and oxygen atoms in total. The van der Waals surface area contributed by atoms with Gasteiger partial charge in [-0.1, -0.05) is 152 Å². The number of esters is 1. The van der Waals surface area contributed by atoms with Crippen LogP contribution >= 0.6 is 0 Å². The van der Waals surface area contributed by atoms with Crippen molar-refractivity contribution in [1.82, 2.24) is 0 Å². The Morgan fingerprint density at radius 1 is 0.571 bits per heavy atom. The summed E-state index contributed by atoms with van der Waals surface area (Å²) in [5.74, 6) is -0.329. The SMILES string of the molecule is CCCC/C=C\CCCCCCCC(=O)OC(COCCCCCCCCC/C=C\C/C=C\C/C=C\CCCCCCC)COC1OC(CO)C(O)C(O)C1O. The Kier molecular flexibility index (Phi) is 36.0. The van der Waals surface area contributed by atoms with Gasteiger partial charge < -0.3 is 39.4 Å². The number of allylic oxidation sites excluding steroid dienone is 8. The van der Waals surface area contributed by atoms with E-state index in [2.05, 4.69) is 62.5 Å². The van der Waals surface area contributed by atoms with Crippen LogP contribution in [0.1, 0.15) is 181 Å². The molecule has 0 radical (unpaired) electrons. The second-order valence-corrected chi connectivity index (χ2v) is 15.5. The zero-order chi connectivity index (χ0) is 40.7. The van der Waals surface area contributed by atoms with Gasteiger partial charge in [0.05, 0.1) is 19.8 Å². The maximum Gasteiger partial charge on any atom is 0.306 e. The van der Waals surface area contributed by atoms with Gasteiger partial charge >= 0.3 is 5.97 Å². The molecule has 1 saturated heterocycles. The number of hydrogen-bond acceptors (Lipinski definition) is 9. The highest BCUT2D eigenvalue weighted by atomic mass is 16.7. The van der Waals surface area contributed by atoms with E-state index in [9.17, 15) is 25.2 Å². The number of unbranched alkanes of at least 4 members (excludes halogenated alkanes) is 19. The predicted molar refractivity (Wildman–Crippen MR) is 228 cm³/mol. The lowest BCUT2D eigenvalue weighted by molar-refractivity contribution is -0.305. The van der Waals surface area contributed by atoms with Gasteiger partial charge in [-0.25, -0.2) is 0 Å². The number of ether oxygens (including phenoxy) is 4. The number of hydrogen-bond donors (Lipinski definition) is 4. The van der Waals surface area contributed by atoms with Gasteiger partial charge in [0.2, 0.25) is 0 Å². The summed E-state index contributed by atoms with van der Waals surface area (Å²) in [5.41, 5.74) is 0. The molecular formula is C47H84O9. The molecule has 1 heterocycles. The summed E-state index contributed by atoms with van der Waals surface area (Å²) < 4.78 is 22.8. The Bertz CT molecular complexity index is 994. The molecule has 1 fully saturated rings. The van der Waals surface area contributed by atoms with E-state index in [0.717, 1.165) is 83.5 Å². The van der Waals surface area contributed by atoms with Gasteiger partial charge in [-0.3, -0.25) is 4.79 Å². The highest BCUT2D eigenvalue weighted by Crippen LogP contribution is 2.22. The molecule has 6 unspecified atom stereocenters. The molecule has 326 valence electrons. The summed E-state index contributed by atoms with van der Waals surface area (Å²) in [6.07, 6.45) is 40.0. The van der Waals surface area contributed by atoms with Gasteiger partial charge in [-0.15, -0.1) is 0 Å². The quantitative estimate of drug-likeness (QED) is 0.0274. The number of aliphatic hydroxyl groups is 4. The van der Waals surface area contributed by atoms with E-state index in [-0.39, 0.29) is 19.2 Å². The maximum atomic E-state index is 12.7. The summed E-state index contributed by atoms with van der Waals surface area (Å²) in [5, 5.41) is 40.1. The third kappa shape index (κ3) is 29.4. The van der Waals surface area contributed by atoms with Crippen LogP contribution in [0.3, 0.4) is 0 Å². The fourth-order valence-corrected chi connectivity index (χ4v) is 6.60. The molecule has 9 heteroatoms. The molecule has 0 saturated carbocycles. The van der Waals surface area contributed by atoms with Crippen molar-refractivity contribution in [3.63, 3.8) is 0 Å². The lowest BCUT2D eigenvalue weighted by Crippen LogP contribution is -2.59. The normalized spacial score (nSPS) is 21.0. The van der Waals surface area contributed by atoms with Crippen molar-refractivity contribution >= 4 is 5.97 Å². The summed E-state index contributed by atoms with van der Waals surface area (Å²) in [6, 6.07) is 0. The van der Waals surface area contributed by atoms with E-state index in [1.165, 1.54) is 77.0 Å². The van der Waals surface area contributed by atoms with Crippen molar-refractivity contribution in [2.45, 2.75) is 218 Å². The minimum Gasteiger partial charge on any atom is -0.457 e. The first-order valence-electron chi connectivity index (χ1n) is 22.7. The van der Waals surface area contributed by atoms with Crippen molar-refractivity contribution in [1.29, 1.82) is 0 Å². The second kappa shape index (κ2) is 38.7. The molecule has 1 aliphatic rings. The predicted octanol–water partition coefficient (Wildman–Crippen LogP) is 10.1. The molecular weight excluding hydrogens is 709 g/mol. The fourth-order valence-electron chi connectivity index (χ4n) is 6.60. The highest BCUT2D eigenvalue weighted by Gasteiger charge is 2.44. The van der Waals surface area contributed by atoms with Crippen molar-refractivity contribution in [2.24, 2.45) is 0 Å². The van der Waals surface area contributed by atoms with Crippen LogP contribution in [0, 0.1) is 0 Å². The van der Waals surface area contributed by atoms with Crippen LogP contribution < -0.4 is 0 Å². The van der Waals surface area contributed by atoms with E-state index in [0.29, 0.717) is 13.0 Å². The fraction of sp³-hybridized carbons (Fsp3) is 0.809. The Morgan fingerprint density at radius 2 is 1.05 bits per heavy atom. The van der Waals surface area contributed by atoms with Crippen LogP contribution in [0.15, 0.2) is 48.6 Å². The van der Waals surface area contributed by atoms with Crippen LogP contribution in [0.4, 0.5) is 0 Å². The zero-order valence-corrected chi connectivity index (χ0v) is 35.6. The van der Waals surface area contributed by atoms with Crippen molar-refractivity contribution in [3.05, 3.63) is 48.6 Å². The summed E-state index contributed by atoms with van der Waals surface area (Å²) >= 11 is 0. The molecule has 0 aliphatic carbocycles. The van der Waals surface area contributed by atoms with Crippen molar-refractivity contribution < 1.29 is 44.2 Å². The third-order valence-electron chi connectivity index (χ3n) is 10.2. The van der Waals surface area contributed by atoms with Crippen molar-refractivity contribution in [2.75, 3.05) is 26.4 Å². The van der Waals surface area contributed by atoms with Gasteiger partial charge in [-0.2, -0.15) is 0 Å². The molecule has 56 heavy (non-hydrogen) atoms. The van der Waals surface area contributed by atoms with Crippen LogP contribution in [0.2, 0.25) is 0 Å². The van der Waals surface area contributed by atoms with E-state index in [4.69, 9.17) is 18.9 Å². The molecule has 1 rings (SSSR count). The Balaban J connectivity index is 2.24. The first kappa shape index (κ1) is 52.2. The monoisotopic (exact) mass is 793 g/mol. The van der Waals surface area contributed by atoms with E-state index in [1.54, 1.807) is 0 Å². The van der Waals surface area contributed by atoms with Gasteiger partial charge in [0.1, 0.15) is 30.5 Å². The smallest absolute Gasteiger partial charge is 0.306 e. The number of carbonyl (C=O) groups is 1. The minimum atomic E-state index is -1.54. The average Bonchev–Trinajstić information content (AvgIpc) is 3.20. The second-order valence-electron chi connectivity index (χ2n) is 15.5. The molecule has 6 atom stereocenters. The van der Waals surface area contributed by atoms with Gasteiger partial charge in [0.15, 0.2) is 6.29 Å². The van der Waals surface area contributed by atoms with E-state index in [1.807, 2.05) is 0 Å². The Morgan fingerprint density at radius 3 is 1.62 bits per heavy atom. The molecule has 0 aromatic heterocycles. The van der Waals surface area contributed by atoms with E-state index < -0.39 is 43.4 Å². The topological polar surface area (TPSA) is 135 Å². The molecule has 0 aromatic carbocycles. The van der Waals surface area contributed by atoms with Crippen molar-refractivity contribution in [3.8, 4) is 0 Å². The van der Waals surface area contributed by atoms with Gasteiger partial charge in [-0.05, 0) is 70.6 Å². The third-order valence-corrected chi connectivity index (χ3v) is 10.2. The number of carbonyl (C=O) groups excluding carboxylic acids is 1. The zero-order valence-electron chi connectivity index (χ0n) is 35.6. The molecule has 0 spiro atoms. The Hall–Kier alpha value is -1.85. The highest BCUT2D eigenvalue weighted by molar-refractivity contribution is 5.69. The molecule has 0 aromatic rings. The standard InChI is InChI=1S/C47H84O9/c1-3-5-7-9-11-13-15-16-17-18-19-20-21-22-23-24-25-27-29-31-33-35-37-53-39-41(40-54-47-46(52)45(51)44(50)42(38-48)56-47)55-43(49)36-34-32-30-28-26-14-12-10-8-6-4-2/h10,12,15-16,18-19,21-22,41-42,44-48,50-52H,3-9,11,13-14,17,20,23-40H2,1-2H3/b12-10-,16-15-,19-18-,22-21-. The summed E-state index contributed by atoms with van der Waals surface area (Å²) in [4.78, 5) is 12.7. The van der Waals surface area contributed by atoms with Gasteiger partial charge in [0, 0.05) is 13.0 Å². The molecule has 1 aliphatic heterocycles. The molecule has 0 amide bonds. The number of aliphatic hydroxyl groups excluding tert-OH is 4. The average molecular weight is 793 g/mol. The molecule has 4 N–H and O–H groups in total. The molecule has 0 bridgehead atoms. The largest absolute Gasteiger partial charge is 0.457 e. The maximum absolute atomic E-state index is 12.7. The minimum absolute atomic E-state index is 0.122. The van der Waals surface area contributed by atoms with Gasteiger partial charge in [0.25, 0.3) is 0 Å². The first-order chi connectivity index (χ1) is 27.4. The number of rotatable bonds is 38. The van der Waals surface area contributed by atoms with E-state index >= 15 is 0 Å². The first-order valence-corrected chi connectivity index (χ1v) is 22.7. The van der Waals surface area contributed by atoms with Crippen LogP contribution in [0.5, 0.6) is 0 Å².